The summed E-state index contributed by atoms with van der Waals surface area (Å²) in [6.45, 7) is 1.46. The van der Waals surface area contributed by atoms with Crippen molar-refractivity contribution in [3.8, 4) is 0 Å². The highest BCUT2D eigenvalue weighted by Crippen LogP contribution is 2.20. The maximum Gasteiger partial charge on any atom is 0.268 e. The van der Waals surface area contributed by atoms with Gasteiger partial charge in [0.2, 0.25) is 12.0 Å². The van der Waals surface area contributed by atoms with Gasteiger partial charge in [0.25, 0.3) is 5.91 Å². The van der Waals surface area contributed by atoms with Crippen molar-refractivity contribution in [3.63, 3.8) is 0 Å². The third-order valence-electron chi connectivity index (χ3n) is 3.54. The van der Waals surface area contributed by atoms with Crippen LogP contribution in [0.25, 0.3) is 0 Å². The zero-order valence-electron chi connectivity index (χ0n) is 13.2. The van der Waals surface area contributed by atoms with Gasteiger partial charge in [-0.1, -0.05) is 35.5 Å². The minimum absolute atomic E-state index is 0.123. The first kappa shape index (κ1) is 15.7. The van der Waals surface area contributed by atoms with E-state index >= 15 is 0 Å². The molecule has 1 unspecified atom stereocenters. The number of benzene rings is 2. The van der Waals surface area contributed by atoms with Gasteiger partial charge < -0.3 is 15.5 Å². The second kappa shape index (κ2) is 6.95. The SMILES string of the molecule is CC(=O)Nc1ccc(C2=NOC(C(=O)Nc3ccccc3)C2)cc1. The Bertz CT molecular complexity index is 770. The summed E-state index contributed by atoms with van der Waals surface area (Å²) in [5.41, 5.74) is 3.00. The molecular formula is C18H17N3O3. The fraction of sp³-hybridized carbons (Fsp3) is 0.167. The number of nitrogens with one attached hydrogen (secondary N) is 2. The highest BCUT2D eigenvalue weighted by molar-refractivity contribution is 6.06. The Labute approximate surface area is 139 Å². The van der Waals surface area contributed by atoms with Gasteiger partial charge in [-0.3, -0.25) is 9.59 Å². The molecule has 3 rings (SSSR count). The van der Waals surface area contributed by atoms with Gasteiger partial charge in [-0.2, -0.15) is 0 Å². The molecule has 6 nitrogen and oxygen atoms in total. The number of anilines is 2. The van der Waals surface area contributed by atoms with E-state index in [1.807, 2.05) is 42.5 Å². The van der Waals surface area contributed by atoms with Gasteiger partial charge in [0, 0.05) is 24.7 Å². The van der Waals surface area contributed by atoms with Crippen molar-refractivity contribution in [3.05, 3.63) is 60.2 Å². The fourth-order valence-corrected chi connectivity index (χ4v) is 2.38. The van der Waals surface area contributed by atoms with Gasteiger partial charge >= 0.3 is 0 Å². The number of oxime groups is 1. The van der Waals surface area contributed by atoms with E-state index in [9.17, 15) is 9.59 Å². The van der Waals surface area contributed by atoms with Gasteiger partial charge in [-0.25, -0.2) is 0 Å². The first-order chi connectivity index (χ1) is 11.6. The quantitative estimate of drug-likeness (QED) is 0.908. The summed E-state index contributed by atoms with van der Waals surface area (Å²) >= 11 is 0. The number of para-hydroxylation sites is 1. The molecule has 2 N–H and O–H groups in total. The van der Waals surface area contributed by atoms with Crippen molar-refractivity contribution < 1.29 is 14.4 Å². The Morgan fingerprint density at radius 3 is 2.33 bits per heavy atom. The van der Waals surface area contributed by atoms with E-state index in [4.69, 9.17) is 4.84 Å². The standard InChI is InChI=1S/C18H17N3O3/c1-12(22)19-15-9-7-13(8-10-15)16-11-17(24-21-16)18(23)20-14-5-3-2-4-6-14/h2-10,17H,11H2,1H3,(H,19,22)(H,20,23). The van der Waals surface area contributed by atoms with Crippen molar-refractivity contribution in [1.82, 2.24) is 0 Å². The smallest absolute Gasteiger partial charge is 0.268 e. The molecule has 0 radical (unpaired) electrons. The summed E-state index contributed by atoms with van der Waals surface area (Å²) in [7, 11) is 0. The van der Waals surface area contributed by atoms with E-state index in [0.29, 0.717) is 17.8 Å². The molecule has 122 valence electrons. The highest BCUT2D eigenvalue weighted by Gasteiger charge is 2.28. The molecule has 0 saturated heterocycles. The van der Waals surface area contributed by atoms with Crippen LogP contribution in [0.5, 0.6) is 0 Å². The van der Waals surface area contributed by atoms with Crippen molar-refractivity contribution in [1.29, 1.82) is 0 Å². The maximum atomic E-state index is 12.2. The predicted molar refractivity (Wildman–Crippen MR) is 91.8 cm³/mol. The minimum atomic E-state index is -0.643. The van der Waals surface area contributed by atoms with Crippen LogP contribution in [-0.4, -0.2) is 23.6 Å². The highest BCUT2D eigenvalue weighted by atomic mass is 16.6. The Morgan fingerprint density at radius 1 is 1.00 bits per heavy atom. The van der Waals surface area contributed by atoms with Crippen molar-refractivity contribution in [2.45, 2.75) is 19.4 Å². The third kappa shape index (κ3) is 3.78. The van der Waals surface area contributed by atoms with Crippen molar-refractivity contribution >= 4 is 28.9 Å². The van der Waals surface area contributed by atoms with Crippen LogP contribution in [0.15, 0.2) is 59.8 Å². The molecule has 0 fully saturated rings. The lowest BCUT2D eigenvalue weighted by atomic mass is 10.0. The van der Waals surface area contributed by atoms with Crippen LogP contribution in [0, 0.1) is 0 Å². The molecule has 0 aromatic heterocycles. The molecule has 1 heterocycles. The number of carbonyl (C=O) groups excluding carboxylic acids is 2. The first-order valence-corrected chi connectivity index (χ1v) is 7.58. The molecule has 0 bridgehead atoms. The molecule has 2 aromatic carbocycles. The topological polar surface area (TPSA) is 79.8 Å². The average Bonchev–Trinajstić information content (AvgIpc) is 3.06. The van der Waals surface area contributed by atoms with Gasteiger partial charge in [0.1, 0.15) is 0 Å². The number of rotatable bonds is 4. The van der Waals surface area contributed by atoms with Crippen LogP contribution in [-0.2, 0) is 14.4 Å². The molecular weight excluding hydrogens is 306 g/mol. The number of amides is 2. The molecule has 6 heteroatoms. The van der Waals surface area contributed by atoms with Crippen molar-refractivity contribution in [2.24, 2.45) is 5.16 Å². The van der Waals surface area contributed by atoms with Gasteiger partial charge in [0.05, 0.1) is 5.71 Å². The van der Waals surface area contributed by atoms with Crippen LogP contribution >= 0.6 is 0 Å². The number of hydrogen-bond donors (Lipinski definition) is 2. The second-order valence-electron chi connectivity index (χ2n) is 5.45. The van der Waals surface area contributed by atoms with Crippen LogP contribution in [0.2, 0.25) is 0 Å². The lowest BCUT2D eigenvalue weighted by molar-refractivity contribution is -0.125. The summed E-state index contributed by atoms with van der Waals surface area (Å²) in [5.74, 6) is -0.350. The molecule has 2 aromatic rings. The average molecular weight is 323 g/mol. The maximum absolute atomic E-state index is 12.2. The first-order valence-electron chi connectivity index (χ1n) is 7.58. The normalized spacial score (nSPS) is 16.0. The van der Waals surface area contributed by atoms with Gasteiger partial charge in [-0.15, -0.1) is 0 Å². The monoisotopic (exact) mass is 323 g/mol. The fourth-order valence-electron chi connectivity index (χ4n) is 2.38. The third-order valence-corrected chi connectivity index (χ3v) is 3.54. The summed E-state index contributed by atoms with van der Waals surface area (Å²) in [4.78, 5) is 28.5. The summed E-state index contributed by atoms with van der Waals surface area (Å²) in [5, 5.41) is 9.51. The molecule has 1 aliphatic heterocycles. The van der Waals surface area contributed by atoms with Crippen LogP contribution in [0.3, 0.4) is 0 Å². The van der Waals surface area contributed by atoms with Crippen LogP contribution < -0.4 is 10.6 Å². The molecule has 0 spiro atoms. The van der Waals surface area contributed by atoms with Crippen molar-refractivity contribution in [2.75, 3.05) is 10.6 Å². The Hall–Kier alpha value is -3.15. The number of hydrogen-bond acceptors (Lipinski definition) is 4. The molecule has 0 aliphatic carbocycles. The number of nitrogens with zero attached hydrogens (tertiary/aromatic N) is 1. The predicted octanol–water partition coefficient (Wildman–Crippen LogP) is 2.78. The molecule has 1 aliphatic rings. The van der Waals surface area contributed by atoms with Crippen LogP contribution in [0.4, 0.5) is 11.4 Å². The van der Waals surface area contributed by atoms with E-state index < -0.39 is 6.10 Å². The van der Waals surface area contributed by atoms with Crippen LogP contribution in [0.1, 0.15) is 18.9 Å². The summed E-state index contributed by atoms with van der Waals surface area (Å²) < 4.78 is 0. The van der Waals surface area contributed by atoms with Gasteiger partial charge in [-0.05, 0) is 29.8 Å². The zero-order valence-corrected chi connectivity index (χ0v) is 13.2. The molecule has 24 heavy (non-hydrogen) atoms. The zero-order chi connectivity index (χ0) is 16.9. The second-order valence-corrected chi connectivity index (χ2v) is 5.45. The molecule has 1 atom stereocenters. The largest absolute Gasteiger partial charge is 0.382 e. The molecule has 0 saturated carbocycles. The summed E-state index contributed by atoms with van der Waals surface area (Å²) in [6.07, 6.45) is -0.242. The molecule has 2 amide bonds. The Kier molecular flexibility index (Phi) is 4.56. The van der Waals surface area contributed by atoms with E-state index in [2.05, 4.69) is 15.8 Å². The lowest BCUT2D eigenvalue weighted by Gasteiger charge is -2.09. The minimum Gasteiger partial charge on any atom is -0.382 e. The summed E-state index contributed by atoms with van der Waals surface area (Å²) in [6, 6.07) is 16.5. The van der Waals surface area contributed by atoms with E-state index in [1.165, 1.54) is 6.92 Å². The van der Waals surface area contributed by atoms with E-state index in [0.717, 1.165) is 11.3 Å². The van der Waals surface area contributed by atoms with Gasteiger partial charge in [0.15, 0.2) is 0 Å². The number of carbonyl (C=O) groups is 2. The Morgan fingerprint density at radius 2 is 1.67 bits per heavy atom. The Balaban J connectivity index is 1.60. The van der Waals surface area contributed by atoms with E-state index in [-0.39, 0.29) is 11.8 Å². The van der Waals surface area contributed by atoms with E-state index in [1.54, 1.807) is 12.1 Å². The lowest BCUT2D eigenvalue weighted by Crippen LogP contribution is -2.28.